The van der Waals surface area contributed by atoms with Crippen LogP contribution in [-0.4, -0.2) is 60.5 Å². The van der Waals surface area contributed by atoms with E-state index >= 15 is 0 Å². The predicted molar refractivity (Wildman–Crippen MR) is 133 cm³/mol. The summed E-state index contributed by atoms with van der Waals surface area (Å²) in [5.74, 6) is 0.816. The summed E-state index contributed by atoms with van der Waals surface area (Å²) in [6.45, 7) is 7.04. The Kier molecular flexibility index (Phi) is 7.97. The lowest BCUT2D eigenvalue weighted by Crippen LogP contribution is -2.47. The number of rotatable bonds is 8. The first-order valence-corrected chi connectivity index (χ1v) is 12.8. The number of aryl methyl sites for hydroxylation is 1. The number of thiazole rings is 1. The van der Waals surface area contributed by atoms with Crippen molar-refractivity contribution in [2.45, 2.75) is 23.6 Å². The molecule has 2 heterocycles. The number of piperazine rings is 1. The fourth-order valence-electron chi connectivity index (χ4n) is 3.78. The molecule has 1 aliphatic heterocycles. The van der Waals surface area contributed by atoms with Crippen LogP contribution < -0.4 is 5.32 Å². The van der Waals surface area contributed by atoms with Crippen LogP contribution in [-0.2, 0) is 5.75 Å². The lowest BCUT2D eigenvalue weighted by Gasteiger charge is -2.35. The quantitative estimate of drug-likeness (QED) is 0.497. The molecular formula is C25H30N4OS2. The van der Waals surface area contributed by atoms with E-state index in [1.807, 2.05) is 49.4 Å². The number of nitrogens with zero attached hydrogens (tertiary/aromatic N) is 3. The van der Waals surface area contributed by atoms with Crippen molar-refractivity contribution in [3.63, 3.8) is 0 Å². The highest BCUT2D eigenvalue weighted by Gasteiger charge is 2.21. The Morgan fingerprint density at radius 1 is 1.09 bits per heavy atom. The molecule has 0 bridgehead atoms. The molecule has 0 aliphatic carbocycles. The number of likely N-dealkylation sites (N-methyl/N-ethyl adjacent to an activating group) is 1. The minimum Gasteiger partial charge on any atom is -0.344 e. The molecule has 0 saturated carbocycles. The van der Waals surface area contributed by atoms with Gasteiger partial charge in [-0.15, -0.1) is 23.1 Å². The summed E-state index contributed by atoms with van der Waals surface area (Å²) >= 11 is 3.42. The second-order valence-corrected chi connectivity index (χ2v) is 10.3. The number of nitrogens with one attached hydrogen (secondary N) is 1. The van der Waals surface area contributed by atoms with Gasteiger partial charge in [-0.05, 0) is 43.8 Å². The molecule has 1 fully saturated rings. The Morgan fingerprint density at radius 3 is 2.47 bits per heavy atom. The highest BCUT2D eigenvalue weighted by Crippen LogP contribution is 2.24. The summed E-state index contributed by atoms with van der Waals surface area (Å²) < 4.78 is 0. The van der Waals surface area contributed by atoms with Crippen LogP contribution >= 0.6 is 23.1 Å². The molecule has 0 radical (unpaired) electrons. The van der Waals surface area contributed by atoms with E-state index in [4.69, 9.17) is 0 Å². The van der Waals surface area contributed by atoms with E-state index in [9.17, 15) is 4.79 Å². The number of carbonyl (C=O) groups excluding carboxylic acids is 1. The molecule has 1 aliphatic rings. The summed E-state index contributed by atoms with van der Waals surface area (Å²) in [7, 11) is 2.16. The first kappa shape index (κ1) is 23.0. The first-order chi connectivity index (χ1) is 15.6. The zero-order chi connectivity index (χ0) is 22.3. The molecule has 1 aromatic heterocycles. The molecule has 3 aromatic rings. The maximum absolute atomic E-state index is 13.1. The zero-order valence-corrected chi connectivity index (χ0v) is 20.3. The van der Waals surface area contributed by atoms with Crippen LogP contribution in [0.2, 0.25) is 0 Å². The van der Waals surface area contributed by atoms with Crippen molar-refractivity contribution < 1.29 is 4.79 Å². The van der Waals surface area contributed by atoms with Crippen LogP contribution in [0.1, 0.15) is 32.7 Å². The van der Waals surface area contributed by atoms with Gasteiger partial charge in [0.05, 0.1) is 16.7 Å². The summed E-state index contributed by atoms with van der Waals surface area (Å²) in [6.07, 6.45) is 0. The smallest absolute Gasteiger partial charge is 0.251 e. The maximum atomic E-state index is 13.1. The third kappa shape index (κ3) is 6.42. The number of thioether (sulfide) groups is 1. The molecular weight excluding hydrogens is 436 g/mol. The predicted octanol–water partition coefficient (Wildman–Crippen LogP) is 4.46. The van der Waals surface area contributed by atoms with E-state index in [1.165, 1.54) is 0 Å². The summed E-state index contributed by atoms with van der Waals surface area (Å²) in [6, 6.07) is 18.1. The van der Waals surface area contributed by atoms with E-state index in [0.29, 0.717) is 5.56 Å². The fourth-order valence-corrected chi connectivity index (χ4v) is 5.29. The van der Waals surface area contributed by atoms with Crippen LogP contribution in [0.5, 0.6) is 0 Å². The van der Waals surface area contributed by atoms with Crippen molar-refractivity contribution in [3.05, 3.63) is 81.8 Å². The van der Waals surface area contributed by atoms with Gasteiger partial charge in [0.2, 0.25) is 0 Å². The average Bonchev–Trinajstić information content (AvgIpc) is 3.24. The number of benzene rings is 2. The minimum absolute atomic E-state index is 0.0281. The number of amides is 1. The van der Waals surface area contributed by atoms with Crippen LogP contribution in [0.3, 0.4) is 0 Å². The minimum atomic E-state index is -0.0333. The Hall–Kier alpha value is -2.19. The summed E-state index contributed by atoms with van der Waals surface area (Å²) in [5, 5.41) is 6.48. The van der Waals surface area contributed by atoms with Crippen molar-refractivity contribution in [1.29, 1.82) is 0 Å². The van der Waals surface area contributed by atoms with Gasteiger partial charge in [0, 0.05) is 54.3 Å². The van der Waals surface area contributed by atoms with Gasteiger partial charge >= 0.3 is 0 Å². The molecule has 1 N–H and O–H groups in total. The molecule has 1 saturated heterocycles. The number of carbonyl (C=O) groups is 1. The van der Waals surface area contributed by atoms with Gasteiger partial charge < -0.3 is 10.2 Å². The van der Waals surface area contributed by atoms with E-state index in [-0.39, 0.29) is 11.9 Å². The zero-order valence-electron chi connectivity index (χ0n) is 18.7. The van der Waals surface area contributed by atoms with E-state index in [1.54, 1.807) is 23.1 Å². The largest absolute Gasteiger partial charge is 0.344 e. The van der Waals surface area contributed by atoms with Gasteiger partial charge in [0.1, 0.15) is 0 Å². The molecule has 32 heavy (non-hydrogen) atoms. The standard InChI is InChI=1S/C25H30N4OS2/c1-19-26-22(17-31-19)18-32-23-10-8-21(9-11-23)25(30)27-24(20-6-4-3-5-7-20)16-29-14-12-28(2)13-15-29/h3-11,17,24H,12-16,18H2,1-2H3,(H,27,30). The second kappa shape index (κ2) is 11.1. The molecule has 7 heteroatoms. The van der Waals surface area contributed by atoms with Gasteiger partial charge in [-0.2, -0.15) is 0 Å². The highest BCUT2D eigenvalue weighted by atomic mass is 32.2. The summed E-state index contributed by atoms with van der Waals surface area (Å²) in [5.41, 5.74) is 2.94. The van der Waals surface area contributed by atoms with Crippen LogP contribution in [0.15, 0.2) is 64.9 Å². The van der Waals surface area contributed by atoms with Gasteiger partial charge in [0.25, 0.3) is 5.91 Å². The monoisotopic (exact) mass is 466 g/mol. The topological polar surface area (TPSA) is 48.5 Å². The van der Waals surface area contributed by atoms with E-state index in [2.05, 4.69) is 44.7 Å². The van der Waals surface area contributed by atoms with Crippen molar-refractivity contribution in [2.24, 2.45) is 0 Å². The normalized spacial score (nSPS) is 16.1. The molecule has 168 valence electrons. The third-order valence-corrected chi connectivity index (χ3v) is 7.58. The average molecular weight is 467 g/mol. The molecule has 1 unspecified atom stereocenters. The van der Waals surface area contributed by atoms with E-state index in [0.717, 1.165) is 59.6 Å². The molecule has 1 atom stereocenters. The third-order valence-electron chi connectivity index (χ3n) is 5.71. The Balaban J connectivity index is 1.38. The van der Waals surface area contributed by atoms with Crippen molar-refractivity contribution in [3.8, 4) is 0 Å². The number of aromatic nitrogens is 1. The first-order valence-electron chi connectivity index (χ1n) is 11.0. The Bertz CT molecular complexity index is 998. The molecule has 4 rings (SSSR count). The fraction of sp³-hybridized carbons (Fsp3) is 0.360. The second-order valence-electron chi connectivity index (χ2n) is 8.21. The summed E-state index contributed by atoms with van der Waals surface area (Å²) in [4.78, 5) is 23.5. The Labute approximate surface area is 198 Å². The number of hydrogen-bond donors (Lipinski definition) is 1. The van der Waals surface area contributed by atoms with Crippen molar-refractivity contribution in [2.75, 3.05) is 39.8 Å². The van der Waals surface area contributed by atoms with Gasteiger partial charge in [-0.3, -0.25) is 9.69 Å². The SMILES string of the molecule is Cc1nc(CSc2ccc(C(=O)NC(CN3CCN(C)CC3)c3ccccc3)cc2)cs1. The van der Waals surface area contributed by atoms with Crippen LogP contribution in [0.4, 0.5) is 0 Å². The lowest BCUT2D eigenvalue weighted by molar-refractivity contribution is 0.0907. The van der Waals surface area contributed by atoms with Gasteiger partial charge in [-0.1, -0.05) is 30.3 Å². The van der Waals surface area contributed by atoms with Crippen LogP contribution in [0, 0.1) is 6.92 Å². The van der Waals surface area contributed by atoms with Gasteiger partial charge in [-0.25, -0.2) is 4.98 Å². The molecule has 1 amide bonds. The maximum Gasteiger partial charge on any atom is 0.251 e. The van der Waals surface area contributed by atoms with E-state index < -0.39 is 0 Å². The number of hydrogen-bond acceptors (Lipinski definition) is 6. The highest BCUT2D eigenvalue weighted by molar-refractivity contribution is 7.98. The Morgan fingerprint density at radius 2 is 1.81 bits per heavy atom. The molecule has 0 spiro atoms. The lowest BCUT2D eigenvalue weighted by atomic mass is 10.0. The molecule has 2 aromatic carbocycles. The van der Waals surface area contributed by atoms with Crippen molar-refractivity contribution in [1.82, 2.24) is 20.1 Å². The van der Waals surface area contributed by atoms with Gasteiger partial charge in [0.15, 0.2) is 0 Å². The van der Waals surface area contributed by atoms with Crippen LogP contribution in [0.25, 0.3) is 0 Å². The van der Waals surface area contributed by atoms with Crippen molar-refractivity contribution >= 4 is 29.0 Å². The molecule has 5 nitrogen and oxygen atoms in total.